The molecule has 0 aromatic heterocycles. The lowest BCUT2D eigenvalue weighted by molar-refractivity contribution is -0.108. The Kier molecular flexibility index (Phi) is 4.36. The fourth-order valence-electron chi connectivity index (χ4n) is 3.57. The van der Waals surface area contributed by atoms with E-state index in [1.165, 1.54) is 25.7 Å². The van der Waals surface area contributed by atoms with Gasteiger partial charge in [-0.05, 0) is 30.5 Å². The Morgan fingerprint density at radius 2 is 2.10 bits per heavy atom. The van der Waals surface area contributed by atoms with Gasteiger partial charge in [-0.15, -0.1) is 0 Å². The standard InChI is InChI=1S/C17H25NO3/c1-19-15-5-4-13(12-18)10-16(15)21-14-6-9-20-17(11-14)7-2-3-8-17/h4-5,10,14H,2-3,6-9,11-12,18H2,1H3. The minimum absolute atomic E-state index is 0.0711. The monoisotopic (exact) mass is 291 g/mol. The van der Waals surface area contributed by atoms with Crippen LogP contribution in [0.3, 0.4) is 0 Å². The Morgan fingerprint density at radius 1 is 1.29 bits per heavy atom. The van der Waals surface area contributed by atoms with Crippen molar-refractivity contribution in [2.24, 2.45) is 5.73 Å². The number of hydrogen-bond acceptors (Lipinski definition) is 4. The molecular formula is C17H25NO3. The SMILES string of the molecule is COc1ccc(CN)cc1OC1CCOC2(CCCC2)C1. The average Bonchev–Trinajstić information content (AvgIpc) is 2.95. The van der Waals surface area contributed by atoms with Crippen LogP contribution in [0.4, 0.5) is 0 Å². The number of nitrogens with two attached hydrogens (primary N) is 1. The number of rotatable bonds is 4. The Morgan fingerprint density at radius 3 is 2.81 bits per heavy atom. The summed E-state index contributed by atoms with van der Waals surface area (Å²) < 4.78 is 17.7. The highest BCUT2D eigenvalue weighted by molar-refractivity contribution is 5.43. The predicted octanol–water partition coefficient (Wildman–Crippen LogP) is 3.02. The topological polar surface area (TPSA) is 53.7 Å². The van der Waals surface area contributed by atoms with Crippen molar-refractivity contribution in [3.05, 3.63) is 23.8 Å². The molecule has 1 atom stereocenters. The van der Waals surface area contributed by atoms with Crippen LogP contribution < -0.4 is 15.2 Å². The van der Waals surface area contributed by atoms with Crippen LogP contribution in [0.2, 0.25) is 0 Å². The summed E-state index contributed by atoms with van der Waals surface area (Å²) in [6, 6.07) is 5.91. The second-order valence-corrected chi connectivity index (χ2v) is 6.16. The lowest BCUT2D eigenvalue weighted by Crippen LogP contribution is -2.41. The summed E-state index contributed by atoms with van der Waals surface area (Å²) >= 11 is 0. The maximum absolute atomic E-state index is 6.25. The lowest BCUT2D eigenvalue weighted by atomic mass is 9.90. The zero-order chi connectivity index (χ0) is 14.7. The maximum Gasteiger partial charge on any atom is 0.161 e. The van der Waals surface area contributed by atoms with Crippen LogP contribution in [-0.4, -0.2) is 25.4 Å². The van der Waals surface area contributed by atoms with Crippen molar-refractivity contribution in [2.45, 2.75) is 56.8 Å². The third-order valence-electron chi connectivity index (χ3n) is 4.72. The molecule has 1 saturated carbocycles. The van der Waals surface area contributed by atoms with Crippen LogP contribution in [0.1, 0.15) is 44.1 Å². The Hall–Kier alpha value is -1.26. The minimum Gasteiger partial charge on any atom is -0.493 e. The first-order valence-corrected chi connectivity index (χ1v) is 7.92. The summed E-state index contributed by atoms with van der Waals surface area (Å²) in [5, 5.41) is 0. The van der Waals surface area contributed by atoms with Gasteiger partial charge in [0.2, 0.25) is 0 Å². The van der Waals surface area contributed by atoms with Crippen molar-refractivity contribution in [2.75, 3.05) is 13.7 Å². The van der Waals surface area contributed by atoms with Crippen LogP contribution in [0.15, 0.2) is 18.2 Å². The summed E-state index contributed by atoms with van der Waals surface area (Å²) in [6.45, 7) is 1.31. The largest absolute Gasteiger partial charge is 0.493 e. The maximum atomic E-state index is 6.25. The molecule has 2 aliphatic rings. The summed E-state index contributed by atoms with van der Waals surface area (Å²) in [5.41, 5.74) is 6.86. The minimum atomic E-state index is 0.0711. The molecule has 1 saturated heterocycles. The van der Waals surface area contributed by atoms with Crippen molar-refractivity contribution in [1.29, 1.82) is 0 Å². The molecule has 2 N–H and O–H groups in total. The first kappa shape index (κ1) is 14.7. The quantitative estimate of drug-likeness (QED) is 0.926. The van der Waals surface area contributed by atoms with Crippen molar-refractivity contribution < 1.29 is 14.2 Å². The molecule has 21 heavy (non-hydrogen) atoms. The smallest absolute Gasteiger partial charge is 0.161 e. The van der Waals surface area contributed by atoms with Gasteiger partial charge in [0.05, 0.1) is 19.3 Å². The number of benzene rings is 1. The predicted molar refractivity (Wildman–Crippen MR) is 81.7 cm³/mol. The summed E-state index contributed by atoms with van der Waals surface area (Å²) in [5.74, 6) is 1.58. The third kappa shape index (κ3) is 3.16. The zero-order valence-corrected chi connectivity index (χ0v) is 12.8. The molecule has 1 aromatic carbocycles. The molecule has 1 heterocycles. The highest BCUT2D eigenvalue weighted by atomic mass is 16.5. The van der Waals surface area contributed by atoms with E-state index in [-0.39, 0.29) is 11.7 Å². The van der Waals surface area contributed by atoms with Gasteiger partial charge in [0.15, 0.2) is 11.5 Å². The first-order valence-electron chi connectivity index (χ1n) is 7.92. The highest BCUT2D eigenvalue weighted by Crippen LogP contribution is 2.41. The molecule has 4 nitrogen and oxygen atoms in total. The number of methoxy groups -OCH3 is 1. The Bertz CT molecular complexity index is 483. The normalized spacial score (nSPS) is 24.2. The van der Waals surface area contributed by atoms with Crippen molar-refractivity contribution in [3.8, 4) is 11.5 Å². The van der Waals surface area contributed by atoms with Gasteiger partial charge in [0.25, 0.3) is 0 Å². The van der Waals surface area contributed by atoms with Crippen molar-refractivity contribution >= 4 is 0 Å². The summed E-state index contributed by atoms with van der Waals surface area (Å²) in [6.07, 6.45) is 7.04. The van der Waals surface area contributed by atoms with Crippen LogP contribution in [0.25, 0.3) is 0 Å². The highest BCUT2D eigenvalue weighted by Gasteiger charge is 2.40. The average molecular weight is 291 g/mol. The number of hydrogen-bond donors (Lipinski definition) is 1. The fourth-order valence-corrected chi connectivity index (χ4v) is 3.57. The van der Waals surface area contributed by atoms with Gasteiger partial charge in [-0.2, -0.15) is 0 Å². The van der Waals surface area contributed by atoms with Gasteiger partial charge in [-0.1, -0.05) is 18.9 Å². The van der Waals surface area contributed by atoms with Gasteiger partial charge in [0.1, 0.15) is 6.10 Å². The molecule has 0 radical (unpaired) electrons. The van der Waals surface area contributed by atoms with Gasteiger partial charge in [0, 0.05) is 19.4 Å². The second-order valence-electron chi connectivity index (χ2n) is 6.16. The third-order valence-corrected chi connectivity index (χ3v) is 4.72. The molecule has 2 fully saturated rings. The molecule has 0 bridgehead atoms. The summed E-state index contributed by atoms with van der Waals surface area (Å²) in [4.78, 5) is 0. The van der Waals surface area contributed by atoms with Crippen molar-refractivity contribution in [3.63, 3.8) is 0 Å². The zero-order valence-electron chi connectivity index (χ0n) is 12.8. The second kappa shape index (κ2) is 6.24. The van der Waals surface area contributed by atoms with E-state index in [4.69, 9.17) is 19.9 Å². The molecule has 1 spiro atoms. The van der Waals surface area contributed by atoms with Crippen LogP contribution in [-0.2, 0) is 11.3 Å². The van der Waals surface area contributed by atoms with E-state index in [1.54, 1.807) is 7.11 Å². The Labute approximate surface area is 126 Å². The fraction of sp³-hybridized carbons (Fsp3) is 0.647. The number of ether oxygens (including phenoxy) is 3. The molecule has 1 unspecified atom stereocenters. The van der Waals surface area contributed by atoms with Gasteiger partial charge < -0.3 is 19.9 Å². The van der Waals surface area contributed by atoms with E-state index in [1.807, 2.05) is 18.2 Å². The molecule has 0 amide bonds. The van der Waals surface area contributed by atoms with E-state index in [0.29, 0.717) is 6.54 Å². The van der Waals surface area contributed by atoms with Crippen LogP contribution in [0, 0.1) is 0 Å². The van der Waals surface area contributed by atoms with E-state index in [9.17, 15) is 0 Å². The molecular weight excluding hydrogens is 266 g/mol. The lowest BCUT2D eigenvalue weighted by Gasteiger charge is -2.38. The molecule has 4 heteroatoms. The summed E-state index contributed by atoms with van der Waals surface area (Å²) in [7, 11) is 1.67. The van der Waals surface area contributed by atoms with E-state index in [0.717, 1.165) is 36.5 Å². The van der Waals surface area contributed by atoms with E-state index >= 15 is 0 Å². The van der Waals surface area contributed by atoms with Gasteiger partial charge in [-0.25, -0.2) is 0 Å². The van der Waals surface area contributed by atoms with Crippen LogP contribution >= 0.6 is 0 Å². The molecule has 1 aliphatic heterocycles. The molecule has 1 aliphatic carbocycles. The molecule has 3 rings (SSSR count). The molecule has 1 aromatic rings. The van der Waals surface area contributed by atoms with E-state index in [2.05, 4.69) is 0 Å². The van der Waals surface area contributed by atoms with Crippen LogP contribution in [0.5, 0.6) is 11.5 Å². The Balaban J connectivity index is 1.73. The van der Waals surface area contributed by atoms with Gasteiger partial charge in [-0.3, -0.25) is 0 Å². The van der Waals surface area contributed by atoms with Crippen molar-refractivity contribution in [1.82, 2.24) is 0 Å². The first-order chi connectivity index (χ1) is 10.2. The van der Waals surface area contributed by atoms with Gasteiger partial charge >= 0.3 is 0 Å². The molecule has 116 valence electrons. The van der Waals surface area contributed by atoms with E-state index < -0.39 is 0 Å².